The van der Waals surface area contributed by atoms with E-state index in [1.807, 2.05) is 0 Å². The van der Waals surface area contributed by atoms with Gasteiger partial charge in [0.2, 0.25) is 0 Å². The zero-order valence-corrected chi connectivity index (χ0v) is 12.8. The Morgan fingerprint density at radius 2 is 2.05 bits per heavy atom. The lowest BCUT2D eigenvalue weighted by Crippen LogP contribution is -2.40. The Morgan fingerprint density at radius 1 is 1.32 bits per heavy atom. The predicted octanol–water partition coefficient (Wildman–Crippen LogP) is 3.52. The number of likely N-dealkylation sites (N-methyl/N-ethyl adjacent to an activating group) is 1. The predicted molar refractivity (Wildman–Crippen MR) is 82.5 cm³/mol. The molecule has 0 saturated carbocycles. The van der Waals surface area contributed by atoms with E-state index in [4.69, 9.17) is 0 Å². The van der Waals surface area contributed by atoms with Crippen LogP contribution in [0.2, 0.25) is 0 Å². The Morgan fingerprint density at radius 3 is 2.68 bits per heavy atom. The van der Waals surface area contributed by atoms with Crippen LogP contribution in [-0.4, -0.2) is 30.6 Å². The molecule has 3 unspecified atom stereocenters. The molecule has 1 aliphatic heterocycles. The van der Waals surface area contributed by atoms with Crippen molar-refractivity contribution in [2.75, 3.05) is 13.6 Å². The number of nitrogens with one attached hydrogen (secondary N) is 1. The van der Waals surface area contributed by atoms with E-state index in [0.29, 0.717) is 6.04 Å². The molecule has 1 saturated heterocycles. The van der Waals surface area contributed by atoms with Gasteiger partial charge in [0, 0.05) is 24.7 Å². The van der Waals surface area contributed by atoms with Gasteiger partial charge in [0.05, 0.1) is 0 Å². The van der Waals surface area contributed by atoms with Crippen LogP contribution >= 0.6 is 0 Å². The molecule has 0 spiro atoms. The first kappa shape index (κ1) is 14.5. The van der Waals surface area contributed by atoms with Crippen LogP contribution in [0.25, 0.3) is 0 Å². The molecule has 0 amide bonds. The van der Waals surface area contributed by atoms with E-state index in [0.717, 1.165) is 18.6 Å². The van der Waals surface area contributed by atoms with E-state index >= 15 is 0 Å². The number of benzene rings is 1. The maximum atomic E-state index is 3.51. The Balaban J connectivity index is 2.13. The van der Waals surface area contributed by atoms with Gasteiger partial charge in [0.15, 0.2) is 0 Å². The molecule has 1 aromatic carbocycles. The summed E-state index contributed by atoms with van der Waals surface area (Å²) in [6.45, 7) is 8.03. The molecule has 0 aromatic heterocycles. The van der Waals surface area contributed by atoms with E-state index in [9.17, 15) is 0 Å². The Bertz CT molecular complexity index is 402. The summed E-state index contributed by atoms with van der Waals surface area (Å²) < 4.78 is 0. The minimum atomic E-state index is 0.441. The number of rotatable bonds is 5. The van der Waals surface area contributed by atoms with Crippen molar-refractivity contribution in [2.45, 2.75) is 58.2 Å². The van der Waals surface area contributed by atoms with E-state index in [1.54, 1.807) is 0 Å². The molecule has 1 N–H and O–H groups in total. The van der Waals surface area contributed by atoms with Gasteiger partial charge in [-0.1, -0.05) is 31.2 Å². The van der Waals surface area contributed by atoms with Gasteiger partial charge in [-0.15, -0.1) is 0 Å². The van der Waals surface area contributed by atoms with Gasteiger partial charge in [-0.3, -0.25) is 4.90 Å². The highest BCUT2D eigenvalue weighted by Crippen LogP contribution is 2.29. The van der Waals surface area contributed by atoms with E-state index in [2.05, 4.69) is 62.3 Å². The van der Waals surface area contributed by atoms with Crippen molar-refractivity contribution >= 4 is 0 Å². The third-order valence-corrected chi connectivity index (χ3v) is 4.73. The lowest BCUT2D eigenvalue weighted by atomic mass is 10.0. The number of nitrogens with zero attached hydrogens (tertiary/aromatic N) is 1. The molecule has 1 heterocycles. The second-order valence-electron chi connectivity index (χ2n) is 5.88. The van der Waals surface area contributed by atoms with Crippen molar-refractivity contribution in [1.82, 2.24) is 10.2 Å². The summed E-state index contributed by atoms with van der Waals surface area (Å²) >= 11 is 0. The fraction of sp³-hybridized carbons (Fsp3) is 0.647. The summed E-state index contributed by atoms with van der Waals surface area (Å²) in [5, 5.41) is 3.51. The zero-order valence-electron chi connectivity index (χ0n) is 12.8. The zero-order chi connectivity index (χ0) is 13.8. The summed E-state index contributed by atoms with van der Waals surface area (Å²) in [4.78, 5) is 2.70. The molecule has 2 nitrogen and oxygen atoms in total. The van der Waals surface area contributed by atoms with Crippen molar-refractivity contribution < 1.29 is 0 Å². The average Bonchev–Trinajstić information content (AvgIpc) is 2.77. The first-order chi connectivity index (χ1) is 9.17. The summed E-state index contributed by atoms with van der Waals surface area (Å²) in [6, 6.07) is 10.7. The monoisotopic (exact) mass is 260 g/mol. The Kier molecular flexibility index (Phi) is 5.00. The fourth-order valence-electron chi connectivity index (χ4n) is 3.43. The van der Waals surface area contributed by atoms with Crippen LogP contribution in [0, 0.1) is 6.92 Å². The molecule has 1 aliphatic rings. The fourth-order valence-corrected chi connectivity index (χ4v) is 3.43. The summed E-state index contributed by atoms with van der Waals surface area (Å²) in [6.07, 6.45) is 3.99. The van der Waals surface area contributed by atoms with Gasteiger partial charge in [-0.05, 0) is 51.3 Å². The van der Waals surface area contributed by atoms with Crippen molar-refractivity contribution in [1.29, 1.82) is 0 Å². The summed E-state index contributed by atoms with van der Waals surface area (Å²) in [7, 11) is 2.08. The van der Waals surface area contributed by atoms with Crippen LogP contribution in [0.4, 0.5) is 0 Å². The van der Waals surface area contributed by atoms with Crippen LogP contribution in [0.3, 0.4) is 0 Å². The summed E-state index contributed by atoms with van der Waals surface area (Å²) in [5.41, 5.74) is 2.83. The molecule has 2 heteroatoms. The number of hydrogen-bond acceptors (Lipinski definition) is 2. The molecule has 0 aliphatic carbocycles. The van der Waals surface area contributed by atoms with Gasteiger partial charge >= 0.3 is 0 Å². The van der Waals surface area contributed by atoms with Crippen LogP contribution in [0.1, 0.15) is 50.3 Å². The first-order valence-electron chi connectivity index (χ1n) is 7.65. The van der Waals surface area contributed by atoms with Crippen molar-refractivity contribution in [3.05, 3.63) is 35.4 Å². The molecular weight excluding hydrogens is 232 g/mol. The van der Waals surface area contributed by atoms with Gasteiger partial charge in [0.25, 0.3) is 0 Å². The second-order valence-corrected chi connectivity index (χ2v) is 5.88. The second kappa shape index (κ2) is 6.53. The maximum absolute atomic E-state index is 3.51. The van der Waals surface area contributed by atoms with Crippen molar-refractivity contribution in [3.63, 3.8) is 0 Å². The van der Waals surface area contributed by atoms with Crippen LogP contribution in [-0.2, 0) is 0 Å². The van der Waals surface area contributed by atoms with Crippen LogP contribution in [0.15, 0.2) is 24.3 Å². The first-order valence-corrected chi connectivity index (χ1v) is 7.65. The molecule has 0 bridgehead atoms. The van der Waals surface area contributed by atoms with E-state index < -0.39 is 0 Å². The standard InChI is InChI=1S/C17H28N2/c1-5-15-11-10-14(3)19(15)12-17(18-4)16-9-7-6-8-13(16)2/h6-9,14-15,17-18H,5,10-12H2,1-4H3. The number of aryl methyl sites for hydroxylation is 1. The van der Waals surface area contributed by atoms with E-state index in [-0.39, 0.29) is 0 Å². The maximum Gasteiger partial charge on any atom is 0.0449 e. The molecule has 3 atom stereocenters. The molecular formula is C17H28N2. The Hall–Kier alpha value is -0.860. The van der Waals surface area contributed by atoms with E-state index in [1.165, 1.54) is 30.4 Å². The third kappa shape index (κ3) is 3.18. The number of hydrogen-bond donors (Lipinski definition) is 1. The van der Waals surface area contributed by atoms with Crippen LogP contribution < -0.4 is 5.32 Å². The highest BCUT2D eigenvalue weighted by Gasteiger charge is 2.31. The topological polar surface area (TPSA) is 15.3 Å². The highest BCUT2D eigenvalue weighted by molar-refractivity contribution is 5.29. The lowest BCUT2D eigenvalue weighted by molar-refractivity contribution is 0.179. The smallest absolute Gasteiger partial charge is 0.0449 e. The van der Waals surface area contributed by atoms with Crippen molar-refractivity contribution in [2.24, 2.45) is 0 Å². The minimum Gasteiger partial charge on any atom is -0.312 e. The lowest BCUT2D eigenvalue weighted by Gasteiger charge is -2.32. The van der Waals surface area contributed by atoms with Gasteiger partial charge < -0.3 is 5.32 Å². The van der Waals surface area contributed by atoms with Gasteiger partial charge in [-0.2, -0.15) is 0 Å². The van der Waals surface area contributed by atoms with Gasteiger partial charge in [0.1, 0.15) is 0 Å². The molecule has 19 heavy (non-hydrogen) atoms. The average molecular weight is 260 g/mol. The van der Waals surface area contributed by atoms with Gasteiger partial charge in [-0.25, -0.2) is 0 Å². The molecule has 2 rings (SSSR count). The quantitative estimate of drug-likeness (QED) is 0.871. The third-order valence-electron chi connectivity index (χ3n) is 4.73. The molecule has 106 valence electrons. The highest BCUT2D eigenvalue weighted by atomic mass is 15.2. The molecule has 1 aromatic rings. The van der Waals surface area contributed by atoms with Crippen molar-refractivity contribution in [3.8, 4) is 0 Å². The normalized spacial score (nSPS) is 25.7. The number of likely N-dealkylation sites (tertiary alicyclic amines) is 1. The summed E-state index contributed by atoms with van der Waals surface area (Å²) in [5.74, 6) is 0. The minimum absolute atomic E-state index is 0.441. The molecule has 0 radical (unpaired) electrons. The van der Waals surface area contributed by atoms with Crippen LogP contribution in [0.5, 0.6) is 0 Å². The Labute approximate surface area is 118 Å². The SMILES string of the molecule is CCC1CCC(C)N1CC(NC)c1ccccc1C. The largest absolute Gasteiger partial charge is 0.312 e. The molecule has 1 fully saturated rings.